The van der Waals surface area contributed by atoms with Gasteiger partial charge in [-0.15, -0.1) is 5.43 Å². The molecule has 0 bridgehead atoms. The number of para-hydroxylation sites is 1. The summed E-state index contributed by atoms with van der Waals surface area (Å²) in [7, 11) is 0. The van der Waals surface area contributed by atoms with Crippen LogP contribution in [0.25, 0.3) is 0 Å². The number of hydrogen-bond acceptors (Lipinski definition) is 2. The summed E-state index contributed by atoms with van der Waals surface area (Å²) >= 11 is 0. The molecular formula is C20H13F3N3. The number of amidine groups is 1. The predicted octanol–water partition coefficient (Wildman–Crippen LogP) is 5.45. The molecule has 0 saturated heterocycles. The van der Waals surface area contributed by atoms with Crippen LogP contribution in [0.15, 0.2) is 83.9 Å². The van der Waals surface area contributed by atoms with Gasteiger partial charge in [0.25, 0.3) is 0 Å². The number of fused-ring (bicyclic) bond motifs is 1. The van der Waals surface area contributed by atoms with Gasteiger partial charge < -0.3 is 0 Å². The third-order valence-electron chi connectivity index (χ3n) is 3.98. The first-order chi connectivity index (χ1) is 12.5. The minimum atomic E-state index is -4.43. The number of anilines is 2. The van der Waals surface area contributed by atoms with Crippen LogP contribution in [0.4, 0.5) is 30.2 Å². The summed E-state index contributed by atoms with van der Waals surface area (Å²) in [5, 5.41) is 1.50. The molecule has 0 spiro atoms. The molecule has 0 saturated carbocycles. The van der Waals surface area contributed by atoms with E-state index in [1.165, 1.54) is 11.1 Å². The molecule has 0 atom stereocenters. The second-order valence-electron chi connectivity index (χ2n) is 5.75. The van der Waals surface area contributed by atoms with Crippen LogP contribution in [-0.2, 0) is 6.18 Å². The van der Waals surface area contributed by atoms with Gasteiger partial charge in [0.15, 0.2) is 5.84 Å². The van der Waals surface area contributed by atoms with E-state index in [0.29, 0.717) is 22.9 Å². The lowest BCUT2D eigenvalue weighted by Crippen LogP contribution is -2.35. The first kappa shape index (κ1) is 16.2. The van der Waals surface area contributed by atoms with E-state index in [9.17, 15) is 13.2 Å². The van der Waals surface area contributed by atoms with Crippen molar-refractivity contribution < 1.29 is 13.2 Å². The summed E-state index contributed by atoms with van der Waals surface area (Å²) in [5.41, 5.74) is 5.96. The fraction of sp³-hybridized carbons (Fsp3) is 0.0500. The standard InChI is InChI=1S/C20H13F3N3/c21-20(22,23)15-11-12-17-18(13-15)26(16-9-5-2-6-10-16)25-19(24-17)14-7-3-1-4-8-14/h1-13H. The summed E-state index contributed by atoms with van der Waals surface area (Å²) < 4.78 is 39.4. The quantitative estimate of drug-likeness (QED) is 0.603. The van der Waals surface area contributed by atoms with E-state index >= 15 is 0 Å². The Hall–Kier alpha value is -3.28. The molecule has 1 radical (unpaired) electrons. The molecule has 1 heterocycles. The van der Waals surface area contributed by atoms with E-state index in [0.717, 1.165) is 17.7 Å². The third kappa shape index (κ3) is 3.01. The molecule has 26 heavy (non-hydrogen) atoms. The van der Waals surface area contributed by atoms with Crippen LogP contribution in [-0.4, -0.2) is 5.84 Å². The normalized spacial score (nSPS) is 13.7. The Kier molecular flexibility index (Phi) is 3.88. The predicted molar refractivity (Wildman–Crippen MR) is 94.8 cm³/mol. The van der Waals surface area contributed by atoms with Gasteiger partial charge in [0.2, 0.25) is 0 Å². The van der Waals surface area contributed by atoms with Crippen molar-refractivity contribution in [1.29, 1.82) is 0 Å². The molecule has 0 unspecified atom stereocenters. The van der Waals surface area contributed by atoms with Crippen LogP contribution in [0.3, 0.4) is 0 Å². The Labute approximate surface area is 148 Å². The van der Waals surface area contributed by atoms with Crippen molar-refractivity contribution in [2.45, 2.75) is 6.18 Å². The van der Waals surface area contributed by atoms with Gasteiger partial charge in [0.1, 0.15) is 0 Å². The van der Waals surface area contributed by atoms with Crippen molar-refractivity contribution in [3.05, 3.63) is 90.0 Å². The van der Waals surface area contributed by atoms with Gasteiger partial charge in [-0.3, -0.25) is 0 Å². The smallest absolute Gasteiger partial charge is 0.229 e. The number of benzene rings is 3. The van der Waals surface area contributed by atoms with Gasteiger partial charge in [0, 0.05) is 5.56 Å². The molecule has 0 amide bonds. The average Bonchev–Trinajstić information content (AvgIpc) is 2.67. The highest BCUT2D eigenvalue weighted by atomic mass is 19.4. The van der Waals surface area contributed by atoms with E-state index in [4.69, 9.17) is 0 Å². The summed E-state index contributed by atoms with van der Waals surface area (Å²) in [6.07, 6.45) is -4.43. The molecule has 0 N–H and O–H groups in total. The second kappa shape index (κ2) is 6.22. The number of rotatable bonds is 2. The van der Waals surface area contributed by atoms with E-state index in [2.05, 4.69) is 10.4 Å². The average molecular weight is 352 g/mol. The molecule has 0 aliphatic carbocycles. The zero-order chi connectivity index (χ0) is 18.1. The first-order valence-electron chi connectivity index (χ1n) is 7.94. The maximum atomic E-state index is 13.1. The SMILES string of the molecule is FC(F)(F)c1ccc2c(c1)N(c1ccccc1)[N]C(c1ccccc1)=N2. The first-order valence-corrected chi connectivity index (χ1v) is 7.94. The Balaban J connectivity index is 1.87. The van der Waals surface area contributed by atoms with Crippen LogP contribution in [0.2, 0.25) is 0 Å². The summed E-state index contributed by atoms with van der Waals surface area (Å²) in [6, 6.07) is 21.9. The van der Waals surface area contributed by atoms with Crippen LogP contribution in [0, 0.1) is 0 Å². The van der Waals surface area contributed by atoms with Crippen molar-refractivity contribution >= 4 is 22.9 Å². The zero-order valence-electron chi connectivity index (χ0n) is 13.5. The fourth-order valence-electron chi connectivity index (χ4n) is 2.72. The highest BCUT2D eigenvalue weighted by Crippen LogP contribution is 2.41. The van der Waals surface area contributed by atoms with E-state index in [-0.39, 0.29) is 0 Å². The van der Waals surface area contributed by atoms with Crippen LogP contribution in [0.5, 0.6) is 0 Å². The van der Waals surface area contributed by atoms with Gasteiger partial charge in [-0.05, 0) is 30.3 Å². The molecule has 3 aromatic carbocycles. The summed E-state index contributed by atoms with van der Waals surface area (Å²) in [6.45, 7) is 0. The molecule has 1 aliphatic heterocycles. The van der Waals surface area contributed by atoms with Crippen molar-refractivity contribution in [1.82, 2.24) is 5.43 Å². The Morgan fingerprint density at radius 3 is 2.08 bits per heavy atom. The zero-order valence-corrected chi connectivity index (χ0v) is 13.5. The lowest BCUT2D eigenvalue weighted by molar-refractivity contribution is -0.137. The van der Waals surface area contributed by atoms with Crippen LogP contribution < -0.4 is 10.4 Å². The monoisotopic (exact) mass is 352 g/mol. The van der Waals surface area contributed by atoms with Crippen molar-refractivity contribution in [3.8, 4) is 0 Å². The van der Waals surface area contributed by atoms with E-state index in [1.54, 1.807) is 12.1 Å². The van der Waals surface area contributed by atoms with Crippen molar-refractivity contribution in [2.75, 3.05) is 5.01 Å². The molecule has 6 heteroatoms. The van der Waals surface area contributed by atoms with Gasteiger partial charge in [-0.25, -0.2) is 10.0 Å². The molecule has 129 valence electrons. The Morgan fingerprint density at radius 2 is 1.42 bits per heavy atom. The van der Waals surface area contributed by atoms with Crippen LogP contribution in [0.1, 0.15) is 11.1 Å². The lowest BCUT2D eigenvalue weighted by Gasteiger charge is -2.29. The number of hydrogen-bond donors (Lipinski definition) is 0. The lowest BCUT2D eigenvalue weighted by atomic mass is 10.1. The van der Waals surface area contributed by atoms with Crippen LogP contribution >= 0.6 is 0 Å². The minimum Gasteiger partial charge on any atom is -0.229 e. The third-order valence-corrected chi connectivity index (χ3v) is 3.98. The molecule has 0 aromatic heterocycles. The molecule has 4 rings (SSSR count). The number of nitrogens with zero attached hydrogens (tertiary/aromatic N) is 3. The number of halogens is 3. The van der Waals surface area contributed by atoms with Gasteiger partial charge in [-0.1, -0.05) is 48.5 Å². The highest BCUT2D eigenvalue weighted by molar-refractivity contribution is 6.04. The van der Waals surface area contributed by atoms with Gasteiger partial charge in [0.05, 0.1) is 22.6 Å². The Morgan fingerprint density at radius 1 is 0.769 bits per heavy atom. The van der Waals surface area contributed by atoms with E-state index in [1.807, 2.05) is 48.5 Å². The number of alkyl halides is 3. The molecule has 1 aliphatic rings. The van der Waals surface area contributed by atoms with E-state index < -0.39 is 11.7 Å². The summed E-state index contributed by atoms with van der Waals surface area (Å²) in [5.74, 6) is 0.446. The van der Waals surface area contributed by atoms with Crippen molar-refractivity contribution in [3.63, 3.8) is 0 Å². The van der Waals surface area contributed by atoms with Gasteiger partial charge >= 0.3 is 6.18 Å². The van der Waals surface area contributed by atoms with Crippen molar-refractivity contribution in [2.24, 2.45) is 4.99 Å². The molecular weight excluding hydrogens is 339 g/mol. The maximum Gasteiger partial charge on any atom is 0.416 e. The molecule has 3 nitrogen and oxygen atoms in total. The summed E-state index contributed by atoms with van der Waals surface area (Å²) in [4.78, 5) is 4.46. The van der Waals surface area contributed by atoms with Gasteiger partial charge in [-0.2, -0.15) is 13.2 Å². The topological polar surface area (TPSA) is 29.7 Å². The molecule has 3 aromatic rings. The molecule has 0 fully saturated rings. The minimum absolute atomic E-state index is 0.297. The largest absolute Gasteiger partial charge is 0.416 e. The second-order valence-corrected chi connectivity index (χ2v) is 5.75. The highest BCUT2D eigenvalue weighted by Gasteiger charge is 2.33. The Bertz CT molecular complexity index is 951. The maximum absolute atomic E-state index is 13.1. The fourth-order valence-corrected chi connectivity index (χ4v) is 2.72. The number of aliphatic imine (C=N–C) groups is 1.